The Kier molecular flexibility index (Phi) is 5.30. The minimum atomic E-state index is 0.905. The van der Waals surface area contributed by atoms with Crippen LogP contribution in [0.3, 0.4) is 0 Å². The van der Waals surface area contributed by atoms with Crippen molar-refractivity contribution in [2.75, 3.05) is 12.3 Å². The highest BCUT2D eigenvalue weighted by molar-refractivity contribution is 7.99. The van der Waals surface area contributed by atoms with Crippen LogP contribution in [0, 0.1) is 0 Å². The van der Waals surface area contributed by atoms with Gasteiger partial charge in [0.25, 0.3) is 0 Å². The first-order valence-corrected chi connectivity index (χ1v) is 7.27. The van der Waals surface area contributed by atoms with Crippen LogP contribution in [-0.4, -0.2) is 22.1 Å². The molecule has 1 N–H and O–H groups in total. The van der Waals surface area contributed by atoms with Crippen molar-refractivity contribution < 1.29 is 0 Å². The van der Waals surface area contributed by atoms with Crippen LogP contribution in [0.2, 0.25) is 0 Å². The average Bonchev–Trinajstić information content (AvgIpc) is 2.85. The minimum Gasteiger partial charge on any atom is -0.313 e. The molecule has 0 radical (unpaired) electrons. The number of aromatic nitrogens is 2. The van der Waals surface area contributed by atoms with Crippen molar-refractivity contribution in [3.8, 4) is 0 Å². The SMILES string of the molecule is CCNCc1cnn(CCSc2ccccc2)c1. The Hall–Kier alpha value is -1.26. The molecule has 96 valence electrons. The lowest BCUT2D eigenvalue weighted by atomic mass is 10.3. The van der Waals surface area contributed by atoms with E-state index in [1.807, 2.05) is 28.7 Å². The molecule has 0 spiro atoms. The maximum Gasteiger partial charge on any atom is 0.0534 e. The molecule has 0 unspecified atom stereocenters. The van der Waals surface area contributed by atoms with Crippen molar-refractivity contribution in [1.82, 2.24) is 15.1 Å². The lowest BCUT2D eigenvalue weighted by molar-refractivity contribution is 0.663. The molecule has 1 aromatic heterocycles. The third-order valence-corrected chi connectivity index (χ3v) is 3.59. The molecule has 0 amide bonds. The Morgan fingerprint density at radius 1 is 1.28 bits per heavy atom. The standard InChI is InChI=1S/C14H19N3S/c1-2-15-10-13-11-16-17(12-13)8-9-18-14-6-4-3-5-7-14/h3-7,11-12,15H,2,8-10H2,1H3. The van der Waals surface area contributed by atoms with Gasteiger partial charge in [-0.2, -0.15) is 5.10 Å². The van der Waals surface area contributed by atoms with Crippen LogP contribution in [0.1, 0.15) is 12.5 Å². The zero-order valence-electron chi connectivity index (χ0n) is 10.7. The Labute approximate surface area is 113 Å². The van der Waals surface area contributed by atoms with Crippen LogP contribution in [0.4, 0.5) is 0 Å². The molecular weight excluding hydrogens is 242 g/mol. The van der Waals surface area contributed by atoms with E-state index in [9.17, 15) is 0 Å². The van der Waals surface area contributed by atoms with E-state index in [2.05, 4.69) is 47.8 Å². The zero-order valence-corrected chi connectivity index (χ0v) is 11.5. The molecule has 2 aromatic rings. The Morgan fingerprint density at radius 2 is 2.11 bits per heavy atom. The number of hydrogen-bond donors (Lipinski definition) is 1. The first-order chi connectivity index (χ1) is 8.88. The van der Waals surface area contributed by atoms with Gasteiger partial charge in [0.15, 0.2) is 0 Å². The summed E-state index contributed by atoms with van der Waals surface area (Å²) < 4.78 is 2.02. The number of nitrogens with zero attached hydrogens (tertiary/aromatic N) is 2. The topological polar surface area (TPSA) is 29.9 Å². The van der Waals surface area contributed by atoms with Crippen molar-refractivity contribution >= 4 is 11.8 Å². The van der Waals surface area contributed by atoms with Crippen molar-refractivity contribution in [2.45, 2.75) is 24.9 Å². The first kappa shape index (κ1) is 13.2. The quantitative estimate of drug-likeness (QED) is 0.777. The van der Waals surface area contributed by atoms with Crippen molar-refractivity contribution in [3.05, 3.63) is 48.3 Å². The van der Waals surface area contributed by atoms with Gasteiger partial charge in [-0.1, -0.05) is 25.1 Å². The number of nitrogens with one attached hydrogen (secondary N) is 1. The van der Waals surface area contributed by atoms with Crippen molar-refractivity contribution in [2.24, 2.45) is 0 Å². The number of aryl methyl sites for hydroxylation is 1. The van der Waals surface area contributed by atoms with Gasteiger partial charge >= 0.3 is 0 Å². The molecule has 0 bridgehead atoms. The molecule has 1 aromatic carbocycles. The van der Waals surface area contributed by atoms with Gasteiger partial charge in [-0.3, -0.25) is 4.68 Å². The van der Waals surface area contributed by atoms with E-state index < -0.39 is 0 Å². The highest BCUT2D eigenvalue weighted by Crippen LogP contribution is 2.16. The van der Waals surface area contributed by atoms with Crippen LogP contribution < -0.4 is 5.32 Å². The normalized spacial score (nSPS) is 10.7. The van der Waals surface area contributed by atoms with Gasteiger partial charge in [-0.15, -0.1) is 11.8 Å². The summed E-state index contributed by atoms with van der Waals surface area (Å²) in [6.45, 7) is 4.96. The monoisotopic (exact) mass is 261 g/mol. The zero-order chi connectivity index (χ0) is 12.6. The molecule has 1 heterocycles. The summed E-state index contributed by atoms with van der Waals surface area (Å²) in [6, 6.07) is 10.5. The molecular formula is C14H19N3S. The van der Waals surface area contributed by atoms with E-state index >= 15 is 0 Å². The molecule has 0 aliphatic heterocycles. The second-order valence-corrected chi connectivity index (χ2v) is 5.22. The Bertz CT molecular complexity index is 453. The summed E-state index contributed by atoms with van der Waals surface area (Å²) in [5.74, 6) is 1.05. The predicted octanol–water partition coefficient (Wildman–Crippen LogP) is 2.78. The van der Waals surface area contributed by atoms with Crippen molar-refractivity contribution in [3.63, 3.8) is 0 Å². The summed E-state index contributed by atoms with van der Waals surface area (Å²) in [6.07, 6.45) is 4.06. The fourth-order valence-corrected chi connectivity index (χ4v) is 2.53. The molecule has 0 aliphatic carbocycles. The van der Waals surface area contributed by atoms with Gasteiger partial charge in [0, 0.05) is 29.0 Å². The van der Waals surface area contributed by atoms with E-state index in [1.54, 1.807) is 0 Å². The summed E-state index contributed by atoms with van der Waals surface area (Å²) in [4.78, 5) is 1.32. The van der Waals surface area contributed by atoms with Crippen LogP contribution in [0.25, 0.3) is 0 Å². The van der Waals surface area contributed by atoms with Crippen molar-refractivity contribution in [1.29, 1.82) is 0 Å². The van der Waals surface area contributed by atoms with Crippen LogP contribution in [0.5, 0.6) is 0 Å². The number of rotatable bonds is 7. The van der Waals surface area contributed by atoms with Gasteiger partial charge in [0.05, 0.1) is 12.7 Å². The first-order valence-electron chi connectivity index (χ1n) is 6.28. The van der Waals surface area contributed by atoms with Crippen LogP contribution in [-0.2, 0) is 13.1 Å². The van der Waals surface area contributed by atoms with E-state index in [-0.39, 0.29) is 0 Å². The van der Waals surface area contributed by atoms with E-state index in [4.69, 9.17) is 0 Å². The molecule has 0 saturated carbocycles. The number of thioether (sulfide) groups is 1. The molecule has 0 saturated heterocycles. The molecule has 0 atom stereocenters. The maximum atomic E-state index is 4.36. The van der Waals surface area contributed by atoms with Gasteiger partial charge in [-0.25, -0.2) is 0 Å². The summed E-state index contributed by atoms with van der Waals surface area (Å²) in [7, 11) is 0. The van der Waals surface area contributed by atoms with E-state index in [0.717, 1.165) is 25.4 Å². The van der Waals surface area contributed by atoms with E-state index in [0.29, 0.717) is 0 Å². The summed E-state index contributed by atoms with van der Waals surface area (Å²) >= 11 is 1.87. The lowest BCUT2D eigenvalue weighted by Gasteiger charge is -2.02. The lowest BCUT2D eigenvalue weighted by Crippen LogP contribution is -2.11. The third-order valence-electron chi connectivity index (χ3n) is 2.60. The summed E-state index contributed by atoms with van der Waals surface area (Å²) in [5.41, 5.74) is 1.25. The fraction of sp³-hybridized carbons (Fsp3) is 0.357. The third kappa shape index (κ3) is 4.20. The largest absolute Gasteiger partial charge is 0.313 e. The molecule has 2 rings (SSSR count). The van der Waals surface area contributed by atoms with Gasteiger partial charge in [-0.05, 0) is 18.7 Å². The molecule has 0 fully saturated rings. The summed E-state index contributed by atoms with van der Waals surface area (Å²) in [5, 5.41) is 7.66. The average molecular weight is 261 g/mol. The van der Waals surface area contributed by atoms with Gasteiger partial charge in [0.1, 0.15) is 0 Å². The van der Waals surface area contributed by atoms with Gasteiger partial charge in [0.2, 0.25) is 0 Å². The smallest absolute Gasteiger partial charge is 0.0534 e. The Balaban J connectivity index is 1.75. The Morgan fingerprint density at radius 3 is 2.89 bits per heavy atom. The molecule has 3 nitrogen and oxygen atoms in total. The molecule has 18 heavy (non-hydrogen) atoms. The van der Waals surface area contributed by atoms with Crippen LogP contribution in [0.15, 0.2) is 47.6 Å². The molecule has 0 aliphatic rings. The maximum absolute atomic E-state index is 4.36. The van der Waals surface area contributed by atoms with Gasteiger partial charge < -0.3 is 5.32 Å². The fourth-order valence-electron chi connectivity index (χ4n) is 1.66. The highest BCUT2D eigenvalue weighted by Gasteiger charge is 1.98. The minimum absolute atomic E-state index is 0.905. The number of benzene rings is 1. The van der Waals surface area contributed by atoms with Crippen LogP contribution >= 0.6 is 11.8 Å². The second kappa shape index (κ2) is 7.24. The predicted molar refractivity (Wildman–Crippen MR) is 76.8 cm³/mol. The second-order valence-electron chi connectivity index (χ2n) is 4.05. The highest BCUT2D eigenvalue weighted by atomic mass is 32.2. The van der Waals surface area contributed by atoms with E-state index in [1.165, 1.54) is 10.5 Å². The molecule has 4 heteroatoms. The number of hydrogen-bond acceptors (Lipinski definition) is 3.